The van der Waals surface area contributed by atoms with Gasteiger partial charge in [0.1, 0.15) is 0 Å². The third kappa shape index (κ3) is 152. The van der Waals surface area contributed by atoms with E-state index in [-0.39, 0.29) is 81.6 Å². The third-order valence-corrected chi connectivity index (χ3v) is 0. The van der Waals surface area contributed by atoms with E-state index in [4.69, 9.17) is 0 Å². The van der Waals surface area contributed by atoms with E-state index in [0.717, 1.165) is 0 Å². The molecule has 0 rings (SSSR count). The van der Waals surface area contributed by atoms with Gasteiger partial charge in [-0.2, -0.15) is 0 Å². The van der Waals surface area contributed by atoms with Gasteiger partial charge in [-0.25, -0.2) is 0 Å². The molecule has 8 heavy (non-hydrogen) atoms. The van der Waals surface area contributed by atoms with Crippen molar-refractivity contribution < 1.29 is 70.7 Å². The molecule has 0 saturated carbocycles. The first-order valence-corrected chi connectivity index (χ1v) is 0. The fraction of sp³-hybridized carbons (Fsp3) is 0. The van der Waals surface area contributed by atoms with E-state index in [1.54, 1.807) is 0 Å². The Hall–Kier alpha value is 1.42. The minimum atomic E-state index is 0. The molecule has 0 fully saturated rings. The van der Waals surface area contributed by atoms with Crippen LogP contribution in [0.25, 0.3) is 0 Å². The molecule has 1 radical (unpaired) electrons. The predicted molar refractivity (Wildman–Crippen MR) is 9.19 cm³/mol. The van der Waals surface area contributed by atoms with Gasteiger partial charge >= 0.3 is 54.2 Å². The van der Waals surface area contributed by atoms with E-state index in [9.17, 15) is 0 Å². The van der Waals surface area contributed by atoms with E-state index < -0.39 is 0 Å². The SMILES string of the molecule is [Mn+2].[O-2].[O-2].[O-2].[O-2].[O-2].[Si+4].[Zr+4]. The molecule has 0 amide bonds. The summed E-state index contributed by atoms with van der Waals surface area (Å²) < 4.78 is 0. The maximum atomic E-state index is 0. The first-order valence-electron chi connectivity index (χ1n) is 0. The topological polar surface area (TPSA) is 142 Å². The minimum Gasteiger partial charge on any atom is -2.00 e. The fourth-order valence-electron chi connectivity index (χ4n) is 0. The van der Waals surface area contributed by atoms with Crippen molar-refractivity contribution in [1.82, 2.24) is 0 Å². The average molecular weight is 254 g/mol. The van der Waals surface area contributed by atoms with Crippen molar-refractivity contribution in [3.63, 3.8) is 0 Å². The molecule has 0 atom stereocenters. The van der Waals surface area contributed by atoms with Crippen LogP contribution in [0.1, 0.15) is 0 Å². The quantitative estimate of drug-likeness (QED) is 0.490. The van der Waals surface area contributed by atoms with Crippen molar-refractivity contribution in [2.24, 2.45) is 0 Å². The van der Waals surface area contributed by atoms with Gasteiger partial charge in [-0.1, -0.05) is 0 Å². The number of hydrogen-bond donors (Lipinski definition) is 0. The summed E-state index contributed by atoms with van der Waals surface area (Å²) in [6.07, 6.45) is 0. The van der Waals surface area contributed by atoms with Crippen LogP contribution in [-0.2, 0) is 70.7 Å². The summed E-state index contributed by atoms with van der Waals surface area (Å²) in [6, 6.07) is 0. The Labute approximate surface area is 81.4 Å². The Morgan fingerprint density at radius 3 is 0.500 bits per heavy atom. The molecule has 0 bridgehead atoms. The molecular weight excluding hydrogens is 254 g/mol. The largest absolute Gasteiger partial charge is 4.00 e. The summed E-state index contributed by atoms with van der Waals surface area (Å²) in [5.41, 5.74) is 0. The van der Waals surface area contributed by atoms with Gasteiger partial charge < -0.3 is 27.4 Å². The molecule has 0 saturated heterocycles. The summed E-state index contributed by atoms with van der Waals surface area (Å²) in [4.78, 5) is 0. The van der Waals surface area contributed by atoms with Crippen molar-refractivity contribution in [1.29, 1.82) is 0 Å². The zero-order valence-electron chi connectivity index (χ0n) is 3.42. The second kappa shape index (κ2) is 230. The van der Waals surface area contributed by atoms with Crippen LogP contribution in [0.5, 0.6) is 0 Å². The predicted octanol–water partition coefficient (Wildman–Crippen LogP) is -0.980. The van der Waals surface area contributed by atoms with Gasteiger partial charge in [0.15, 0.2) is 0 Å². The molecule has 0 aromatic heterocycles. The van der Waals surface area contributed by atoms with E-state index >= 15 is 0 Å². The average Bonchev–Trinajstić information content (AvgIpc) is 0. The van der Waals surface area contributed by atoms with Gasteiger partial charge in [-0.3, -0.25) is 0 Å². The zero-order valence-corrected chi connectivity index (χ0v) is 8.06. The maximum Gasteiger partial charge on any atom is 4.00 e. The Morgan fingerprint density at radius 1 is 0.500 bits per heavy atom. The van der Waals surface area contributed by atoms with E-state index in [0.29, 0.717) is 0 Å². The zero-order chi connectivity index (χ0) is 0. The number of hydrogen-bond acceptors (Lipinski definition) is 0. The normalized spacial score (nSPS) is 0. The maximum absolute atomic E-state index is 0. The molecule has 0 aliphatic rings. The van der Waals surface area contributed by atoms with Crippen LogP contribution >= 0.6 is 0 Å². The van der Waals surface area contributed by atoms with Crippen LogP contribution < -0.4 is 0 Å². The van der Waals surface area contributed by atoms with Crippen molar-refractivity contribution >= 4 is 11.0 Å². The van der Waals surface area contributed by atoms with Gasteiger partial charge in [-0.15, -0.1) is 0 Å². The van der Waals surface area contributed by atoms with Crippen LogP contribution in [0.3, 0.4) is 0 Å². The molecule has 5 nitrogen and oxygen atoms in total. The second-order valence-electron chi connectivity index (χ2n) is 0. The van der Waals surface area contributed by atoms with Crippen molar-refractivity contribution in [2.45, 2.75) is 0 Å². The number of rotatable bonds is 0. The summed E-state index contributed by atoms with van der Waals surface area (Å²) in [5.74, 6) is 0. The Kier molecular flexibility index (Phi) is 9530. The van der Waals surface area contributed by atoms with Crippen LogP contribution in [0.2, 0.25) is 0 Å². The van der Waals surface area contributed by atoms with Crippen LogP contribution in [-0.4, -0.2) is 11.0 Å². The Balaban J connectivity index is 0. The molecule has 0 aromatic carbocycles. The molecule has 0 unspecified atom stereocenters. The van der Waals surface area contributed by atoms with Crippen molar-refractivity contribution in [3.8, 4) is 0 Å². The van der Waals surface area contributed by atoms with Gasteiger partial charge in [0.25, 0.3) is 0 Å². The molecule has 8 heteroatoms. The van der Waals surface area contributed by atoms with Gasteiger partial charge in [-0.05, 0) is 0 Å². The minimum absolute atomic E-state index is 0. The Morgan fingerprint density at radius 2 is 0.500 bits per heavy atom. The fourth-order valence-corrected chi connectivity index (χ4v) is 0. The Bertz CT molecular complexity index is 12.4. The van der Waals surface area contributed by atoms with Gasteiger partial charge in [0, 0.05) is 0 Å². The molecular formula is MnO5SiZr. The van der Waals surface area contributed by atoms with E-state index in [1.807, 2.05) is 0 Å². The van der Waals surface area contributed by atoms with Crippen LogP contribution in [0.4, 0.5) is 0 Å². The summed E-state index contributed by atoms with van der Waals surface area (Å²) in [6.45, 7) is 0. The van der Waals surface area contributed by atoms with E-state index in [2.05, 4.69) is 0 Å². The molecule has 0 N–H and O–H groups in total. The van der Waals surface area contributed by atoms with Crippen LogP contribution in [0.15, 0.2) is 0 Å². The smallest absolute Gasteiger partial charge is 2.00 e. The second-order valence-corrected chi connectivity index (χ2v) is 0. The first kappa shape index (κ1) is 331. The van der Waals surface area contributed by atoms with Crippen molar-refractivity contribution in [2.75, 3.05) is 0 Å². The van der Waals surface area contributed by atoms with Gasteiger partial charge in [0.2, 0.25) is 0 Å². The summed E-state index contributed by atoms with van der Waals surface area (Å²) in [5, 5.41) is 0. The molecule has 0 aliphatic carbocycles. The van der Waals surface area contributed by atoms with Crippen LogP contribution in [0, 0.1) is 0 Å². The van der Waals surface area contributed by atoms with Gasteiger partial charge in [0.05, 0.1) is 0 Å². The summed E-state index contributed by atoms with van der Waals surface area (Å²) >= 11 is 0. The standard InChI is InChI=1S/Mn.5O.Si.Zr/q+2;5*-2;2*+4. The molecule has 45 valence electrons. The molecule has 0 heterocycles. The first-order chi connectivity index (χ1) is 0. The molecule has 0 aliphatic heterocycles. The monoisotopic (exact) mass is 253 g/mol. The summed E-state index contributed by atoms with van der Waals surface area (Å²) in [7, 11) is 0. The molecule has 0 spiro atoms. The molecule has 0 aromatic rings. The van der Waals surface area contributed by atoms with E-state index in [1.165, 1.54) is 0 Å². The third-order valence-electron chi connectivity index (χ3n) is 0. The van der Waals surface area contributed by atoms with Crippen molar-refractivity contribution in [3.05, 3.63) is 0 Å².